The summed E-state index contributed by atoms with van der Waals surface area (Å²) in [5, 5.41) is 8.96. The van der Waals surface area contributed by atoms with Crippen LogP contribution in [0.15, 0.2) is 60.7 Å². The highest BCUT2D eigenvalue weighted by Crippen LogP contribution is 2.37. The number of nitrogens with zero attached hydrogens (tertiary/aromatic N) is 2. The number of benzene rings is 3. The molecule has 0 radical (unpaired) electrons. The van der Waals surface area contributed by atoms with Gasteiger partial charge in [-0.05, 0) is 84.8 Å². The van der Waals surface area contributed by atoms with Crippen molar-refractivity contribution < 1.29 is 24.3 Å². The standard InChI is InChI=1S/C28H29N3O5/c1-19-14-22(27(32)29-34)8-9-23(19)17-31(28(33)30-12-3-2-4-13-30)24-7-5-6-20(15-24)21-10-11-25-26(16-21)36-18-35-25/h5-11,14-16,34H,2-4,12-13,17-18H2,1H3,(H,29,32). The van der Waals surface area contributed by atoms with E-state index in [0.29, 0.717) is 17.9 Å². The molecule has 2 aliphatic heterocycles. The van der Waals surface area contributed by atoms with Crippen LogP contribution in [0.2, 0.25) is 0 Å². The summed E-state index contributed by atoms with van der Waals surface area (Å²) >= 11 is 0. The van der Waals surface area contributed by atoms with Crippen molar-refractivity contribution in [3.8, 4) is 22.6 Å². The molecule has 0 saturated carbocycles. The fraction of sp³-hybridized carbons (Fsp3) is 0.286. The topological polar surface area (TPSA) is 91.3 Å². The Hall–Kier alpha value is -4.04. The van der Waals surface area contributed by atoms with Crippen LogP contribution < -0.4 is 19.9 Å². The van der Waals surface area contributed by atoms with Gasteiger partial charge in [-0.1, -0.05) is 24.3 Å². The number of ether oxygens (including phenoxy) is 2. The summed E-state index contributed by atoms with van der Waals surface area (Å²) in [6.45, 7) is 3.95. The van der Waals surface area contributed by atoms with Gasteiger partial charge < -0.3 is 14.4 Å². The molecule has 0 aromatic heterocycles. The van der Waals surface area contributed by atoms with Crippen LogP contribution in [0.5, 0.6) is 11.5 Å². The number of nitrogens with one attached hydrogen (secondary N) is 1. The largest absolute Gasteiger partial charge is 0.454 e. The molecular formula is C28H29N3O5. The normalized spacial score (nSPS) is 14.4. The third-order valence-electron chi connectivity index (χ3n) is 6.76. The second-order valence-corrected chi connectivity index (χ2v) is 9.12. The fourth-order valence-electron chi connectivity index (χ4n) is 4.70. The highest BCUT2D eigenvalue weighted by molar-refractivity contribution is 5.94. The van der Waals surface area contributed by atoms with Gasteiger partial charge in [-0.25, -0.2) is 10.3 Å². The average molecular weight is 488 g/mol. The van der Waals surface area contributed by atoms with E-state index in [0.717, 1.165) is 66.0 Å². The molecule has 3 aromatic rings. The Morgan fingerprint density at radius 2 is 1.72 bits per heavy atom. The zero-order valence-corrected chi connectivity index (χ0v) is 20.2. The molecule has 5 rings (SSSR count). The van der Waals surface area contributed by atoms with Gasteiger partial charge in [0.1, 0.15) is 0 Å². The van der Waals surface area contributed by atoms with E-state index >= 15 is 0 Å². The molecule has 3 amide bonds. The van der Waals surface area contributed by atoms with Gasteiger partial charge in [0.2, 0.25) is 6.79 Å². The molecule has 8 heteroatoms. The lowest BCUT2D eigenvalue weighted by molar-refractivity contribution is 0.0706. The number of hydrogen-bond donors (Lipinski definition) is 2. The molecular weight excluding hydrogens is 458 g/mol. The molecule has 0 bridgehead atoms. The number of amides is 3. The summed E-state index contributed by atoms with van der Waals surface area (Å²) in [4.78, 5) is 29.3. The van der Waals surface area contributed by atoms with Gasteiger partial charge in [0.15, 0.2) is 11.5 Å². The summed E-state index contributed by atoms with van der Waals surface area (Å²) in [7, 11) is 0. The van der Waals surface area contributed by atoms with Crippen molar-refractivity contribution >= 4 is 17.6 Å². The smallest absolute Gasteiger partial charge is 0.324 e. The molecule has 0 unspecified atom stereocenters. The lowest BCUT2D eigenvalue weighted by atomic mass is 10.0. The molecule has 0 spiro atoms. The maximum Gasteiger partial charge on any atom is 0.324 e. The average Bonchev–Trinajstić information content (AvgIpc) is 3.40. The Kier molecular flexibility index (Phi) is 6.77. The maximum absolute atomic E-state index is 13.8. The minimum absolute atomic E-state index is 0.0332. The summed E-state index contributed by atoms with van der Waals surface area (Å²) in [6, 6.07) is 18.9. The second kappa shape index (κ2) is 10.3. The minimum atomic E-state index is -0.567. The number of anilines is 1. The Morgan fingerprint density at radius 3 is 2.50 bits per heavy atom. The fourth-order valence-corrected chi connectivity index (χ4v) is 4.70. The number of piperidine rings is 1. The molecule has 1 fully saturated rings. The number of aryl methyl sites for hydroxylation is 1. The van der Waals surface area contributed by atoms with Crippen molar-refractivity contribution in [2.75, 3.05) is 24.8 Å². The summed E-state index contributed by atoms with van der Waals surface area (Å²) in [5.41, 5.74) is 6.54. The van der Waals surface area contributed by atoms with Crippen LogP contribution in [0.1, 0.15) is 40.7 Å². The quantitative estimate of drug-likeness (QED) is 0.385. The zero-order chi connectivity index (χ0) is 25.1. The van der Waals surface area contributed by atoms with Gasteiger partial charge in [0.05, 0.1) is 6.54 Å². The van der Waals surface area contributed by atoms with E-state index in [1.165, 1.54) is 0 Å². The first-order chi connectivity index (χ1) is 17.5. The van der Waals surface area contributed by atoms with Crippen molar-refractivity contribution in [1.29, 1.82) is 0 Å². The van der Waals surface area contributed by atoms with Crippen LogP contribution in [-0.2, 0) is 6.54 Å². The van der Waals surface area contributed by atoms with Crippen molar-refractivity contribution in [2.45, 2.75) is 32.7 Å². The number of rotatable bonds is 5. The predicted octanol–water partition coefficient (Wildman–Crippen LogP) is 5.12. The molecule has 186 valence electrons. The predicted molar refractivity (Wildman–Crippen MR) is 135 cm³/mol. The van der Waals surface area contributed by atoms with Crippen LogP contribution >= 0.6 is 0 Å². The van der Waals surface area contributed by atoms with E-state index in [2.05, 4.69) is 0 Å². The van der Waals surface area contributed by atoms with Crippen molar-refractivity contribution in [3.05, 3.63) is 77.4 Å². The Morgan fingerprint density at radius 1 is 0.944 bits per heavy atom. The van der Waals surface area contributed by atoms with E-state index in [1.807, 2.05) is 60.4 Å². The third kappa shape index (κ3) is 4.85. The number of carbonyl (C=O) groups excluding carboxylic acids is 2. The van der Waals surface area contributed by atoms with Crippen LogP contribution in [0, 0.1) is 6.92 Å². The molecule has 3 aromatic carbocycles. The Balaban J connectivity index is 1.49. The Labute approximate surface area is 210 Å². The number of urea groups is 1. The minimum Gasteiger partial charge on any atom is -0.454 e. The van der Waals surface area contributed by atoms with Crippen LogP contribution in [0.4, 0.5) is 10.5 Å². The van der Waals surface area contributed by atoms with Crippen molar-refractivity contribution in [1.82, 2.24) is 10.4 Å². The molecule has 1 saturated heterocycles. The molecule has 0 aliphatic carbocycles. The van der Waals surface area contributed by atoms with E-state index < -0.39 is 5.91 Å². The monoisotopic (exact) mass is 487 g/mol. The lowest BCUT2D eigenvalue weighted by Crippen LogP contribution is -2.45. The molecule has 8 nitrogen and oxygen atoms in total. The molecule has 2 aliphatic rings. The molecule has 36 heavy (non-hydrogen) atoms. The summed E-state index contributed by atoms with van der Waals surface area (Å²) in [6.07, 6.45) is 3.14. The van der Waals surface area contributed by atoms with Gasteiger partial charge in [0.25, 0.3) is 5.91 Å². The van der Waals surface area contributed by atoms with Crippen molar-refractivity contribution in [3.63, 3.8) is 0 Å². The van der Waals surface area contributed by atoms with Gasteiger partial charge in [-0.2, -0.15) is 0 Å². The first-order valence-corrected chi connectivity index (χ1v) is 12.1. The first-order valence-electron chi connectivity index (χ1n) is 12.1. The van der Waals surface area contributed by atoms with Gasteiger partial charge in [-0.15, -0.1) is 0 Å². The van der Waals surface area contributed by atoms with Gasteiger partial charge >= 0.3 is 6.03 Å². The second-order valence-electron chi connectivity index (χ2n) is 9.12. The number of hydroxylamine groups is 1. The van der Waals surface area contributed by atoms with Crippen LogP contribution in [0.3, 0.4) is 0 Å². The Bertz CT molecular complexity index is 1290. The molecule has 0 atom stereocenters. The van der Waals surface area contributed by atoms with Crippen LogP contribution in [0.25, 0.3) is 11.1 Å². The van der Waals surface area contributed by atoms with Gasteiger partial charge in [-0.3, -0.25) is 14.9 Å². The molecule has 2 N–H and O–H groups in total. The highest BCUT2D eigenvalue weighted by Gasteiger charge is 2.25. The summed E-state index contributed by atoms with van der Waals surface area (Å²) < 4.78 is 11.0. The summed E-state index contributed by atoms with van der Waals surface area (Å²) in [5.74, 6) is 0.870. The zero-order valence-electron chi connectivity index (χ0n) is 20.2. The first kappa shape index (κ1) is 23.7. The van der Waals surface area contributed by atoms with E-state index in [1.54, 1.807) is 22.5 Å². The van der Waals surface area contributed by atoms with Crippen molar-refractivity contribution in [2.24, 2.45) is 0 Å². The van der Waals surface area contributed by atoms with Crippen LogP contribution in [-0.4, -0.2) is 41.9 Å². The van der Waals surface area contributed by atoms with E-state index in [4.69, 9.17) is 14.7 Å². The third-order valence-corrected chi connectivity index (χ3v) is 6.76. The van der Waals surface area contributed by atoms with E-state index in [-0.39, 0.29) is 12.8 Å². The number of likely N-dealkylation sites (tertiary alicyclic amines) is 1. The van der Waals surface area contributed by atoms with E-state index in [9.17, 15) is 9.59 Å². The lowest BCUT2D eigenvalue weighted by Gasteiger charge is -2.33. The number of fused-ring (bicyclic) bond motifs is 1. The van der Waals surface area contributed by atoms with Gasteiger partial charge in [0, 0.05) is 24.3 Å². The SMILES string of the molecule is Cc1cc(C(=O)NO)ccc1CN(C(=O)N1CCCCC1)c1cccc(-c2ccc3c(c2)OCO3)c1. The highest BCUT2D eigenvalue weighted by atomic mass is 16.7. The number of hydrogen-bond acceptors (Lipinski definition) is 5. The molecule has 2 heterocycles. The number of carbonyl (C=O) groups is 2. The maximum atomic E-state index is 13.8.